The molecule has 1 N–H and O–H groups in total. The molecule has 132 valence electrons. The van der Waals surface area contributed by atoms with Crippen LogP contribution in [-0.4, -0.2) is 28.6 Å². The lowest BCUT2D eigenvalue weighted by Crippen LogP contribution is -2.24. The average Bonchev–Trinajstić information content (AvgIpc) is 3.36. The molecule has 0 bridgehead atoms. The molecule has 1 aliphatic heterocycles. The maximum absolute atomic E-state index is 12.3. The normalized spacial score (nSPS) is 16.9. The standard InChI is InChI=1S/C17H13ClN4O3S/c18-13-7-6-12(26-13)15(24)19-17-21-20-16(25-17)10-8-14(23)22(9-10)11-4-2-1-3-5-11/h1-7,10H,8-9H2,(H,19,21,24)/t10-/m0/s1. The Morgan fingerprint density at radius 1 is 1.23 bits per heavy atom. The number of rotatable bonds is 4. The number of carbonyl (C=O) groups excluding carboxylic acids is 2. The van der Waals surface area contributed by atoms with Gasteiger partial charge in [-0.15, -0.1) is 16.4 Å². The lowest BCUT2D eigenvalue weighted by molar-refractivity contribution is -0.117. The SMILES string of the molecule is O=C(Nc1nnc([C@H]2CC(=O)N(c3ccccc3)C2)o1)c1ccc(Cl)s1. The smallest absolute Gasteiger partial charge is 0.322 e. The van der Waals surface area contributed by atoms with Crippen LogP contribution >= 0.6 is 22.9 Å². The van der Waals surface area contributed by atoms with Crippen LogP contribution in [-0.2, 0) is 4.79 Å². The maximum atomic E-state index is 12.3. The first-order valence-corrected chi connectivity index (χ1v) is 9.05. The van der Waals surface area contributed by atoms with Crippen molar-refractivity contribution in [2.75, 3.05) is 16.8 Å². The molecule has 9 heteroatoms. The van der Waals surface area contributed by atoms with E-state index in [2.05, 4.69) is 15.5 Å². The number of para-hydroxylation sites is 1. The number of hydrogen-bond acceptors (Lipinski definition) is 6. The number of halogens is 1. The molecule has 3 aromatic rings. The molecule has 2 amide bonds. The molecule has 0 unspecified atom stereocenters. The van der Waals surface area contributed by atoms with Gasteiger partial charge in [-0.1, -0.05) is 34.9 Å². The molecule has 1 fully saturated rings. The van der Waals surface area contributed by atoms with Crippen LogP contribution in [0.25, 0.3) is 0 Å². The van der Waals surface area contributed by atoms with Gasteiger partial charge in [0.15, 0.2) is 0 Å². The zero-order chi connectivity index (χ0) is 18.1. The van der Waals surface area contributed by atoms with Crippen LogP contribution < -0.4 is 10.2 Å². The summed E-state index contributed by atoms with van der Waals surface area (Å²) in [5.41, 5.74) is 0.836. The highest BCUT2D eigenvalue weighted by Gasteiger charge is 2.35. The summed E-state index contributed by atoms with van der Waals surface area (Å²) in [5, 5.41) is 10.4. The van der Waals surface area contributed by atoms with Crippen LogP contribution in [0.1, 0.15) is 27.9 Å². The summed E-state index contributed by atoms with van der Waals surface area (Å²) in [6, 6.07) is 12.7. The van der Waals surface area contributed by atoms with E-state index in [1.807, 2.05) is 30.3 Å². The van der Waals surface area contributed by atoms with Crippen LogP contribution in [0, 0.1) is 0 Å². The van der Waals surface area contributed by atoms with Gasteiger partial charge < -0.3 is 9.32 Å². The first-order valence-electron chi connectivity index (χ1n) is 7.85. The van der Waals surface area contributed by atoms with Crippen molar-refractivity contribution in [2.24, 2.45) is 0 Å². The van der Waals surface area contributed by atoms with Crippen LogP contribution in [0.2, 0.25) is 4.34 Å². The van der Waals surface area contributed by atoms with E-state index in [-0.39, 0.29) is 30.2 Å². The van der Waals surface area contributed by atoms with Gasteiger partial charge in [-0.05, 0) is 24.3 Å². The van der Waals surface area contributed by atoms with Crippen molar-refractivity contribution in [3.05, 3.63) is 57.6 Å². The summed E-state index contributed by atoms with van der Waals surface area (Å²) in [5.74, 6) is -0.253. The molecular weight excluding hydrogens is 376 g/mol. The molecule has 0 saturated carbocycles. The summed E-state index contributed by atoms with van der Waals surface area (Å²) in [6.07, 6.45) is 0.283. The first-order chi connectivity index (χ1) is 12.6. The minimum Gasteiger partial charge on any atom is -0.407 e. The Morgan fingerprint density at radius 2 is 2.04 bits per heavy atom. The second kappa shape index (κ2) is 6.89. The Morgan fingerprint density at radius 3 is 2.77 bits per heavy atom. The number of amides is 2. The van der Waals surface area contributed by atoms with Gasteiger partial charge in [0.25, 0.3) is 5.91 Å². The molecule has 7 nitrogen and oxygen atoms in total. The molecule has 3 heterocycles. The molecule has 1 aliphatic rings. The van der Waals surface area contributed by atoms with Crippen LogP contribution in [0.4, 0.5) is 11.7 Å². The fourth-order valence-electron chi connectivity index (χ4n) is 2.78. The molecule has 26 heavy (non-hydrogen) atoms. The maximum Gasteiger partial charge on any atom is 0.322 e. The highest BCUT2D eigenvalue weighted by atomic mass is 35.5. The van der Waals surface area contributed by atoms with E-state index in [4.69, 9.17) is 16.0 Å². The summed E-state index contributed by atoms with van der Waals surface area (Å²) in [7, 11) is 0. The average molecular weight is 389 g/mol. The van der Waals surface area contributed by atoms with Crippen molar-refractivity contribution >= 4 is 46.5 Å². The molecule has 1 saturated heterocycles. The van der Waals surface area contributed by atoms with Crippen molar-refractivity contribution in [2.45, 2.75) is 12.3 Å². The number of benzene rings is 1. The minimum absolute atomic E-state index is 0.000123. The summed E-state index contributed by atoms with van der Waals surface area (Å²) in [6.45, 7) is 0.457. The molecule has 4 rings (SSSR count). The van der Waals surface area contributed by atoms with E-state index < -0.39 is 0 Å². The quantitative estimate of drug-likeness (QED) is 0.738. The van der Waals surface area contributed by atoms with E-state index in [1.54, 1.807) is 17.0 Å². The summed E-state index contributed by atoms with van der Waals surface area (Å²) < 4.78 is 6.06. The molecule has 1 aromatic carbocycles. The molecule has 1 atom stereocenters. The van der Waals surface area contributed by atoms with Gasteiger partial charge >= 0.3 is 6.01 Å². The molecule has 0 spiro atoms. The number of nitrogens with zero attached hydrogens (tertiary/aromatic N) is 3. The Labute approximate surface area is 157 Å². The van der Waals surface area contributed by atoms with Crippen LogP contribution in [0.3, 0.4) is 0 Å². The van der Waals surface area contributed by atoms with Crippen molar-refractivity contribution in [3.63, 3.8) is 0 Å². The van der Waals surface area contributed by atoms with Crippen molar-refractivity contribution in [3.8, 4) is 0 Å². The fourth-order valence-corrected chi connectivity index (χ4v) is 3.71. The van der Waals surface area contributed by atoms with E-state index >= 15 is 0 Å². The molecular formula is C17H13ClN4O3S. The lowest BCUT2D eigenvalue weighted by Gasteiger charge is -2.15. The van der Waals surface area contributed by atoms with E-state index in [1.165, 1.54) is 0 Å². The van der Waals surface area contributed by atoms with E-state index in [0.717, 1.165) is 17.0 Å². The highest BCUT2D eigenvalue weighted by Crippen LogP contribution is 2.31. The van der Waals surface area contributed by atoms with Crippen LogP contribution in [0.5, 0.6) is 0 Å². The summed E-state index contributed by atoms with van der Waals surface area (Å²) >= 11 is 6.98. The zero-order valence-electron chi connectivity index (χ0n) is 13.4. The zero-order valence-corrected chi connectivity index (χ0v) is 15.0. The summed E-state index contributed by atoms with van der Waals surface area (Å²) in [4.78, 5) is 26.5. The predicted molar refractivity (Wildman–Crippen MR) is 97.7 cm³/mol. The Hall–Kier alpha value is -2.71. The van der Waals surface area contributed by atoms with Gasteiger partial charge in [-0.2, -0.15) is 0 Å². The number of carbonyl (C=O) groups is 2. The minimum atomic E-state index is -0.370. The van der Waals surface area contributed by atoms with Crippen molar-refractivity contribution in [1.29, 1.82) is 0 Å². The third-order valence-electron chi connectivity index (χ3n) is 4.00. The first kappa shape index (κ1) is 16.7. The second-order valence-electron chi connectivity index (χ2n) is 5.74. The van der Waals surface area contributed by atoms with Gasteiger partial charge in [0.1, 0.15) is 0 Å². The topological polar surface area (TPSA) is 88.3 Å². The van der Waals surface area contributed by atoms with Crippen molar-refractivity contribution in [1.82, 2.24) is 10.2 Å². The number of nitrogens with one attached hydrogen (secondary N) is 1. The lowest BCUT2D eigenvalue weighted by atomic mass is 10.1. The van der Waals surface area contributed by atoms with E-state index in [9.17, 15) is 9.59 Å². The monoisotopic (exact) mass is 388 g/mol. The number of anilines is 2. The highest BCUT2D eigenvalue weighted by molar-refractivity contribution is 7.18. The third kappa shape index (κ3) is 3.33. The second-order valence-corrected chi connectivity index (χ2v) is 7.46. The number of thiophene rings is 1. The van der Waals surface area contributed by atoms with Crippen LogP contribution in [0.15, 0.2) is 46.9 Å². The Balaban J connectivity index is 1.45. The fraction of sp³-hybridized carbons (Fsp3) is 0.176. The van der Waals surface area contributed by atoms with Gasteiger partial charge in [-0.3, -0.25) is 14.9 Å². The number of hydrogen-bond donors (Lipinski definition) is 1. The number of aromatic nitrogens is 2. The van der Waals surface area contributed by atoms with Gasteiger partial charge in [-0.25, -0.2) is 0 Å². The Bertz CT molecular complexity index is 956. The Kier molecular flexibility index (Phi) is 4.44. The molecule has 2 aromatic heterocycles. The molecule has 0 aliphatic carbocycles. The largest absolute Gasteiger partial charge is 0.407 e. The van der Waals surface area contributed by atoms with Gasteiger partial charge in [0.2, 0.25) is 11.8 Å². The van der Waals surface area contributed by atoms with Gasteiger partial charge in [0.05, 0.1) is 15.1 Å². The van der Waals surface area contributed by atoms with Crippen molar-refractivity contribution < 1.29 is 14.0 Å². The molecule has 0 radical (unpaired) electrons. The van der Waals surface area contributed by atoms with E-state index in [0.29, 0.717) is 21.6 Å². The third-order valence-corrected chi connectivity index (χ3v) is 5.23. The van der Waals surface area contributed by atoms with Gasteiger partial charge in [0, 0.05) is 18.7 Å². The predicted octanol–water partition coefficient (Wildman–Crippen LogP) is 3.56.